The summed E-state index contributed by atoms with van der Waals surface area (Å²) in [4.78, 5) is 24.0. The van der Waals surface area contributed by atoms with Gasteiger partial charge in [0.25, 0.3) is 0 Å². The molecule has 1 atom stereocenters. The van der Waals surface area contributed by atoms with Gasteiger partial charge in [-0.1, -0.05) is 30.3 Å². The summed E-state index contributed by atoms with van der Waals surface area (Å²) in [5.41, 5.74) is 1.74. The van der Waals surface area contributed by atoms with Gasteiger partial charge in [-0.15, -0.1) is 0 Å². The molecule has 6 heteroatoms. The van der Waals surface area contributed by atoms with Crippen LogP contribution in [-0.2, 0) is 16.0 Å². The van der Waals surface area contributed by atoms with Gasteiger partial charge in [-0.2, -0.15) is 0 Å². The number of nitrogens with one attached hydrogen (secondary N) is 2. The third kappa shape index (κ3) is 5.51. The number of ether oxygens (including phenoxy) is 2. The minimum atomic E-state index is -0.269. The van der Waals surface area contributed by atoms with E-state index in [1.807, 2.05) is 49.4 Å². The van der Waals surface area contributed by atoms with E-state index in [-0.39, 0.29) is 30.8 Å². The molecule has 0 fully saturated rings. The molecule has 0 aliphatic heterocycles. The molecule has 2 aromatic carbocycles. The summed E-state index contributed by atoms with van der Waals surface area (Å²) < 4.78 is 10.5. The molecule has 0 radical (unpaired) electrons. The first-order valence-electron chi connectivity index (χ1n) is 8.35. The first kappa shape index (κ1) is 19.3. The molecular weight excluding hydrogens is 332 g/mol. The third-order valence-corrected chi connectivity index (χ3v) is 3.94. The van der Waals surface area contributed by atoms with Crippen LogP contribution in [0, 0.1) is 0 Å². The Labute approximate surface area is 153 Å². The lowest BCUT2D eigenvalue weighted by atomic mass is 10.1. The van der Waals surface area contributed by atoms with Gasteiger partial charge in [-0.05, 0) is 24.6 Å². The topological polar surface area (TPSA) is 76.7 Å². The number of carbonyl (C=O) groups excluding carboxylic acids is 2. The molecule has 0 aliphatic carbocycles. The lowest BCUT2D eigenvalue weighted by Gasteiger charge is -2.18. The van der Waals surface area contributed by atoms with Crippen LogP contribution in [-0.4, -0.2) is 32.6 Å². The van der Waals surface area contributed by atoms with Gasteiger partial charge < -0.3 is 20.1 Å². The maximum atomic E-state index is 12.1. The maximum Gasteiger partial charge on any atom is 0.239 e. The van der Waals surface area contributed by atoms with Crippen molar-refractivity contribution in [3.8, 4) is 11.5 Å². The van der Waals surface area contributed by atoms with E-state index in [1.165, 1.54) is 0 Å². The lowest BCUT2D eigenvalue weighted by molar-refractivity contribution is -0.126. The van der Waals surface area contributed by atoms with Crippen LogP contribution in [0.3, 0.4) is 0 Å². The lowest BCUT2D eigenvalue weighted by Crippen LogP contribution is -2.38. The minimum absolute atomic E-state index is 0.0749. The number of amides is 2. The smallest absolute Gasteiger partial charge is 0.239 e. The Balaban J connectivity index is 1.86. The minimum Gasteiger partial charge on any atom is -0.497 e. The van der Waals surface area contributed by atoms with E-state index in [0.29, 0.717) is 11.5 Å². The van der Waals surface area contributed by atoms with E-state index in [4.69, 9.17) is 9.47 Å². The molecule has 2 rings (SSSR count). The largest absolute Gasteiger partial charge is 0.497 e. The van der Waals surface area contributed by atoms with Crippen molar-refractivity contribution in [2.24, 2.45) is 0 Å². The number of hydrogen-bond acceptors (Lipinski definition) is 4. The number of hydrogen-bond donors (Lipinski definition) is 2. The van der Waals surface area contributed by atoms with Crippen LogP contribution in [0.15, 0.2) is 48.5 Å². The fourth-order valence-corrected chi connectivity index (χ4v) is 2.57. The average molecular weight is 356 g/mol. The van der Waals surface area contributed by atoms with Crippen molar-refractivity contribution in [3.63, 3.8) is 0 Å². The zero-order valence-corrected chi connectivity index (χ0v) is 15.2. The molecule has 0 aliphatic rings. The van der Waals surface area contributed by atoms with E-state index in [1.54, 1.807) is 20.3 Å². The van der Waals surface area contributed by atoms with Crippen LogP contribution in [0.1, 0.15) is 24.1 Å². The zero-order valence-electron chi connectivity index (χ0n) is 15.2. The van der Waals surface area contributed by atoms with E-state index in [9.17, 15) is 9.59 Å². The first-order valence-corrected chi connectivity index (χ1v) is 8.35. The van der Waals surface area contributed by atoms with Crippen molar-refractivity contribution in [2.45, 2.75) is 19.4 Å². The number of rotatable bonds is 8. The van der Waals surface area contributed by atoms with Crippen molar-refractivity contribution in [2.75, 3.05) is 20.8 Å². The van der Waals surface area contributed by atoms with Gasteiger partial charge in [0, 0.05) is 11.6 Å². The highest BCUT2D eigenvalue weighted by Crippen LogP contribution is 2.29. The summed E-state index contributed by atoms with van der Waals surface area (Å²) in [5, 5.41) is 5.49. The highest BCUT2D eigenvalue weighted by atomic mass is 16.5. The molecule has 2 amide bonds. The number of methoxy groups -OCH3 is 2. The molecule has 0 bridgehead atoms. The summed E-state index contributed by atoms with van der Waals surface area (Å²) in [5.74, 6) is 0.848. The van der Waals surface area contributed by atoms with Gasteiger partial charge in [0.05, 0.1) is 33.2 Å². The van der Waals surface area contributed by atoms with Gasteiger partial charge >= 0.3 is 0 Å². The standard InChI is InChI=1S/C20H24N2O4/c1-14(17-10-9-16(25-2)12-18(17)26-3)22-20(24)13-21-19(23)11-15-7-5-4-6-8-15/h4-10,12,14H,11,13H2,1-3H3,(H,21,23)(H,22,24). The van der Waals surface area contributed by atoms with Crippen molar-refractivity contribution in [1.29, 1.82) is 0 Å². The van der Waals surface area contributed by atoms with Gasteiger partial charge in [-0.3, -0.25) is 9.59 Å². The molecule has 0 saturated heterocycles. The van der Waals surface area contributed by atoms with Crippen LogP contribution >= 0.6 is 0 Å². The SMILES string of the molecule is COc1ccc(C(C)NC(=O)CNC(=O)Cc2ccccc2)c(OC)c1. The number of carbonyl (C=O) groups is 2. The molecule has 1 unspecified atom stereocenters. The first-order chi connectivity index (χ1) is 12.5. The van der Waals surface area contributed by atoms with E-state index >= 15 is 0 Å². The molecule has 2 N–H and O–H groups in total. The quantitative estimate of drug-likeness (QED) is 0.761. The van der Waals surface area contributed by atoms with Crippen LogP contribution in [0.25, 0.3) is 0 Å². The second-order valence-corrected chi connectivity index (χ2v) is 5.84. The molecule has 0 aromatic heterocycles. The Morgan fingerprint density at radius 2 is 1.73 bits per heavy atom. The number of benzene rings is 2. The van der Waals surface area contributed by atoms with Crippen molar-refractivity contribution >= 4 is 11.8 Å². The monoisotopic (exact) mass is 356 g/mol. The van der Waals surface area contributed by atoms with Crippen LogP contribution in [0.4, 0.5) is 0 Å². The fourth-order valence-electron chi connectivity index (χ4n) is 2.57. The van der Waals surface area contributed by atoms with Gasteiger partial charge in [-0.25, -0.2) is 0 Å². The van der Waals surface area contributed by atoms with Gasteiger partial charge in [0.2, 0.25) is 11.8 Å². The van der Waals surface area contributed by atoms with Crippen LogP contribution < -0.4 is 20.1 Å². The Morgan fingerprint density at radius 3 is 2.38 bits per heavy atom. The predicted molar refractivity (Wildman–Crippen MR) is 99.3 cm³/mol. The zero-order chi connectivity index (χ0) is 18.9. The second kappa shape index (κ2) is 9.46. The fraction of sp³-hybridized carbons (Fsp3) is 0.300. The van der Waals surface area contributed by atoms with Crippen molar-refractivity contribution < 1.29 is 19.1 Å². The van der Waals surface area contributed by atoms with E-state index in [2.05, 4.69) is 10.6 Å². The van der Waals surface area contributed by atoms with Gasteiger partial charge in [0.1, 0.15) is 11.5 Å². The molecular formula is C20H24N2O4. The Hall–Kier alpha value is -3.02. The summed E-state index contributed by atoms with van der Waals surface area (Å²) in [6, 6.07) is 14.5. The maximum absolute atomic E-state index is 12.1. The Bertz CT molecular complexity index is 747. The predicted octanol–water partition coefficient (Wildman–Crippen LogP) is 2.24. The average Bonchev–Trinajstić information content (AvgIpc) is 2.66. The summed E-state index contributed by atoms with van der Waals surface area (Å²) in [6.07, 6.45) is 0.246. The van der Waals surface area contributed by atoms with Crippen LogP contribution in [0.5, 0.6) is 11.5 Å². The van der Waals surface area contributed by atoms with Gasteiger partial charge in [0.15, 0.2) is 0 Å². The highest BCUT2D eigenvalue weighted by molar-refractivity contribution is 5.85. The molecule has 6 nitrogen and oxygen atoms in total. The normalized spacial score (nSPS) is 11.3. The molecule has 138 valence electrons. The van der Waals surface area contributed by atoms with E-state index < -0.39 is 0 Å². The summed E-state index contributed by atoms with van der Waals surface area (Å²) in [7, 11) is 3.15. The molecule has 0 saturated carbocycles. The van der Waals surface area contributed by atoms with Crippen molar-refractivity contribution in [1.82, 2.24) is 10.6 Å². The molecule has 0 heterocycles. The highest BCUT2D eigenvalue weighted by Gasteiger charge is 2.15. The molecule has 0 spiro atoms. The van der Waals surface area contributed by atoms with Crippen molar-refractivity contribution in [3.05, 3.63) is 59.7 Å². The van der Waals surface area contributed by atoms with E-state index in [0.717, 1.165) is 11.1 Å². The summed E-state index contributed by atoms with van der Waals surface area (Å²) >= 11 is 0. The third-order valence-electron chi connectivity index (χ3n) is 3.94. The molecule has 2 aromatic rings. The molecule has 26 heavy (non-hydrogen) atoms. The Morgan fingerprint density at radius 1 is 1.00 bits per heavy atom. The second-order valence-electron chi connectivity index (χ2n) is 5.84. The Kier molecular flexibility index (Phi) is 7.02. The van der Waals surface area contributed by atoms with Crippen LogP contribution in [0.2, 0.25) is 0 Å². The summed E-state index contributed by atoms with van der Waals surface area (Å²) in [6.45, 7) is 1.78.